The van der Waals surface area contributed by atoms with Crippen LogP contribution in [0.25, 0.3) is 0 Å². The molecule has 2 unspecified atom stereocenters. The summed E-state index contributed by atoms with van der Waals surface area (Å²) in [6, 6.07) is -0.0436. The van der Waals surface area contributed by atoms with Gasteiger partial charge in [-0.05, 0) is 18.8 Å². The molecule has 70 valence electrons. The number of carbonyl (C=O) groups is 1. The number of rotatable bonds is 2. The van der Waals surface area contributed by atoms with Crippen molar-refractivity contribution in [3.8, 4) is 0 Å². The lowest BCUT2D eigenvalue weighted by Gasteiger charge is -2.28. The molecule has 0 saturated heterocycles. The van der Waals surface area contributed by atoms with E-state index in [0.29, 0.717) is 6.04 Å². The fraction of sp³-hybridized carbons (Fsp3) is 0.889. The second kappa shape index (κ2) is 4.33. The molecule has 2 amide bonds. The van der Waals surface area contributed by atoms with Gasteiger partial charge in [-0.2, -0.15) is 0 Å². The molecule has 1 fully saturated rings. The number of carbonyl (C=O) groups excluding carboxylic acids is 1. The summed E-state index contributed by atoms with van der Waals surface area (Å²) in [7, 11) is 0. The molecule has 3 nitrogen and oxygen atoms in total. The van der Waals surface area contributed by atoms with Gasteiger partial charge in [-0.3, -0.25) is 0 Å². The Morgan fingerprint density at radius 1 is 1.58 bits per heavy atom. The molecular formula is C9H18N2O. The van der Waals surface area contributed by atoms with E-state index in [4.69, 9.17) is 5.73 Å². The highest BCUT2D eigenvalue weighted by Crippen LogP contribution is 2.26. The lowest BCUT2D eigenvalue weighted by Crippen LogP contribution is -2.41. The first-order valence-corrected chi connectivity index (χ1v) is 4.78. The molecule has 0 heterocycles. The van der Waals surface area contributed by atoms with Crippen molar-refractivity contribution >= 4 is 6.03 Å². The summed E-state index contributed by atoms with van der Waals surface area (Å²) in [5.74, 6) is 0.788. The van der Waals surface area contributed by atoms with E-state index in [1.807, 2.05) is 0 Å². The van der Waals surface area contributed by atoms with Crippen molar-refractivity contribution in [1.82, 2.24) is 5.32 Å². The zero-order valence-electron chi connectivity index (χ0n) is 7.68. The van der Waals surface area contributed by atoms with Crippen LogP contribution in [0.3, 0.4) is 0 Å². The zero-order chi connectivity index (χ0) is 8.97. The van der Waals surface area contributed by atoms with Crippen molar-refractivity contribution in [2.24, 2.45) is 11.7 Å². The second-order valence-electron chi connectivity index (χ2n) is 3.65. The van der Waals surface area contributed by atoms with Crippen molar-refractivity contribution < 1.29 is 4.79 Å². The molecular weight excluding hydrogens is 152 g/mol. The number of primary amides is 1. The molecule has 1 rings (SSSR count). The number of urea groups is 1. The Kier molecular flexibility index (Phi) is 3.38. The molecule has 12 heavy (non-hydrogen) atoms. The maximum atomic E-state index is 10.6. The number of nitrogens with one attached hydrogen (secondary N) is 1. The van der Waals surface area contributed by atoms with Crippen LogP contribution in [0.2, 0.25) is 0 Å². The molecule has 0 radical (unpaired) electrons. The molecule has 0 spiro atoms. The van der Waals surface area contributed by atoms with Gasteiger partial charge in [-0.25, -0.2) is 4.79 Å². The van der Waals surface area contributed by atoms with Crippen molar-refractivity contribution in [3.05, 3.63) is 0 Å². The molecule has 0 aromatic rings. The average molecular weight is 170 g/mol. The minimum absolute atomic E-state index is 0.334. The average Bonchev–Trinajstić information content (AvgIpc) is 2.03. The van der Waals surface area contributed by atoms with Gasteiger partial charge < -0.3 is 11.1 Å². The normalized spacial score (nSPS) is 29.8. The molecule has 0 aromatic heterocycles. The number of hydrogen-bond acceptors (Lipinski definition) is 1. The molecule has 3 N–H and O–H groups in total. The third-order valence-electron chi connectivity index (χ3n) is 2.71. The number of hydrogen-bond donors (Lipinski definition) is 2. The van der Waals surface area contributed by atoms with Gasteiger partial charge in [0.15, 0.2) is 0 Å². The lowest BCUT2D eigenvalue weighted by molar-refractivity contribution is 0.232. The third-order valence-corrected chi connectivity index (χ3v) is 2.71. The summed E-state index contributed by atoms with van der Waals surface area (Å²) in [5, 5.41) is 2.78. The Morgan fingerprint density at radius 2 is 2.33 bits per heavy atom. The quantitative estimate of drug-likeness (QED) is 0.650. The third kappa shape index (κ3) is 2.72. The van der Waals surface area contributed by atoms with E-state index in [1.54, 1.807) is 0 Å². The lowest BCUT2D eigenvalue weighted by atomic mass is 9.84. The van der Waals surface area contributed by atoms with Gasteiger partial charge in [0.2, 0.25) is 0 Å². The van der Waals surface area contributed by atoms with Crippen LogP contribution in [0.15, 0.2) is 0 Å². The fourth-order valence-electron chi connectivity index (χ4n) is 1.99. The van der Waals surface area contributed by atoms with E-state index in [2.05, 4.69) is 12.2 Å². The Hall–Kier alpha value is -0.730. The molecule has 2 atom stereocenters. The Morgan fingerprint density at radius 3 is 2.92 bits per heavy atom. The Balaban J connectivity index is 2.30. The zero-order valence-corrected chi connectivity index (χ0v) is 7.68. The standard InChI is InChI=1S/C9H18N2O/c1-2-7-4-3-5-8(6-7)11-9(10)12/h7-8H,2-6H2,1H3,(H3,10,11,12). The van der Waals surface area contributed by atoms with Crippen LogP contribution >= 0.6 is 0 Å². The topological polar surface area (TPSA) is 55.1 Å². The molecule has 0 bridgehead atoms. The van der Waals surface area contributed by atoms with Gasteiger partial charge in [0.25, 0.3) is 0 Å². The monoisotopic (exact) mass is 170 g/mol. The van der Waals surface area contributed by atoms with Crippen molar-refractivity contribution in [1.29, 1.82) is 0 Å². The highest BCUT2D eigenvalue weighted by molar-refractivity contribution is 5.71. The van der Waals surface area contributed by atoms with Gasteiger partial charge in [0.05, 0.1) is 0 Å². The van der Waals surface area contributed by atoms with Crippen LogP contribution in [0.1, 0.15) is 39.0 Å². The summed E-state index contributed by atoms with van der Waals surface area (Å²) >= 11 is 0. The maximum absolute atomic E-state index is 10.6. The molecule has 1 saturated carbocycles. The second-order valence-corrected chi connectivity index (χ2v) is 3.65. The van der Waals surface area contributed by atoms with E-state index >= 15 is 0 Å². The highest BCUT2D eigenvalue weighted by Gasteiger charge is 2.20. The molecule has 0 aliphatic heterocycles. The Bertz CT molecular complexity index is 159. The van der Waals surface area contributed by atoms with Crippen LogP contribution in [0.4, 0.5) is 4.79 Å². The SMILES string of the molecule is CCC1CCCC(NC(N)=O)C1. The summed E-state index contributed by atoms with van der Waals surface area (Å²) in [6.07, 6.45) is 5.96. The maximum Gasteiger partial charge on any atom is 0.312 e. The largest absolute Gasteiger partial charge is 0.352 e. The number of nitrogens with two attached hydrogens (primary N) is 1. The van der Waals surface area contributed by atoms with E-state index in [1.165, 1.54) is 19.3 Å². The molecule has 0 aromatic carbocycles. The predicted molar refractivity (Wildman–Crippen MR) is 48.8 cm³/mol. The van der Waals surface area contributed by atoms with Crippen LogP contribution < -0.4 is 11.1 Å². The minimum Gasteiger partial charge on any atom is -0.352 e. The van der Waals surface area contributed by atoms with Gasteiger partial charge in [0, 0.05) is 6.04 Å². The summed E-state index contributed by atoms with van der Waals surface area (Å²) in [5.41, 5.74) is 5.06. The molecule has 3 heteroatoms. The smallest absolute Gasteiger partial charge is 0.312 e. The van der Waals surface area contributed by atoms with Crippen molar-refractivity contribution in [3.63, 3.8) is 0 Å². The van der Waals surface area contributed by atoms with E-state index in [9.17, 15) is 4.79 Å². The first-order chi connectivity index (χ1) is 5.72. The first-order valence-electron chi connectivity index (χ1n) is 4.78. The van der Waals surface area contributed by atoms with Gasteiger partial charge in [0.1, 0.15) is 0 Å². The first kappa shape index (κ1) is 9.36. The van der Waals surface area contributed by atoms with Gasteiger partial charge in [-0.15, -0.1) is 0 Å². The van der Waals surface area contributed by atoms with Crippen molar-refractivity contribution in [2.45, 2.75) is 45.1 Å². The molecule has 1 aliphatic rings. The summed E-state index contributed by atoms with van der Waals surface area (Å²) in [4.78, 5) is 10.6. The van der Waals surface area contributed by atoms with Gasteiger partial charge in [-0.1, -0.05) is 26.2 Å². The van der Waals surface area contributed by atoms with Crippen LogP contribution in [0, 0.1) is 5.92 Å². The highest BCUT2D eigenvalue weighted by atomic mass is 16.2. The van der Waals surface area contributed by atoms with E-state index in [-0.39, 0.29) is 6.03 Å². The molecule has 1 aliphatic carbocycles. The summed E-state index contributed by atoms with van der Waals surface area (Å²) in [6.45, 7) is 2.21. The van der Waals surface area contributed by atoms with Crippen molar-refractivity contribution in [2.75, 3.05) is 0 Å². The van der Waals surface area contributed by atoms with E-state index in [0.717, 1.165) is 18.8 Å². The minimum atomic E-state index is -0.378. The van der Waals surface area contributed by atoms with Crippen LogP contribution in [-0.2, 0) is 0 Å². The van der Waals surface area contributed by atoms with E-state index < -0.39 is 0 Å². The Labute approximate surface area is 73.7 Å². The fourth-order valence-corrected chi connectivity index (χ4v) is 1.99. The predicted octanol–water partition coefficient (Wildman–Crippen LogP) is 1.62. The van der Waals surface area contributed by atoms with Crippen LogP contribution in [0.5, 0.6) is 0 Å². The van der Waals surface area contributed by atoms with Crippen LogP contribution in [-0.4, -0.2) is 12.1 Å². The number of amides is 2. The summed E-state index contributed by atoms with van der Waals surface area (Å²) < 4.78 is 0. The van der Waals surface area contributed by atoms with Gasteiger partial charge >= 0.3 is 6.03 Å².